The first kappa shape index (κ1) is 13.5. The summed E-state index contributed by atoms with van der Waals surface area (Å²) in [6.45, 7) is 7.55. The van der Waals surface area contributed by atoms with Crippen molar-refractivity contribution in [3.05, 3.63) is 0 Å². The number of nitrogens with zero attached hydrogens (tertiary/aromatic N) is 1. The highest BCUT2D eigenvalue weighted by molar-refractivity contribution is 5.71. The van der Waals surface area contributed by atoms with Crippen molar-refractivity contribution in [2.24, 2.45) is 11.3 Å². The fourth-order valence-corrected chi connectivity index (χ4v) is 2.79. The van der Waals surface area contributed by atoms with Gasteiger partial charge in [-0.15, -0.1) is 0 Å². The van der Waals surface area contributed by atoms with Gasteiger partial charge < -0.3 is 10.0 Å². The van der Waals surface area contributed by atoms with E-state index in [1.54, 1.807) is 0 Å². The molecule has 3 heteroatoms. The Labute approximate surface area is 98.8 Å². The Morgan fingerprint density at radius 3 is 2.38 bits per heavy atom. The van der Waals surface area contributed by atoms with Crippen molar-refractivity contribution in [3.8, 4) is 0 Å². The number of hydrogen-bond acceptors (Lipinski definition) is 2. The van der Waals surface area contributed by atoms with Gasteiger partial charge in [0.15, 0.2) is 0 Å². The van der Waals surface area contributed by atoms with E-state index in [2.05, 4.69) is 32.7 Å². The number of carbonyl (C=O) groups is 1. The highest BCUT2D eigenvalue weighted by Gasteiger charge is 2.34. The molecule has 1 rings (SSSR count). The summed E-state index contributed by atoms with van der Waals surface area (Å²) in [4.78, 5) is 13.5. The van der Waals surface area contributed by atoms with Crippen molar-refractivity contribution in [1.82, 2.24) is 4.90 Å². The molecule has 16 heavy (non-hydrogen) atoms. The minimum Gasteiger partial charge on any atom is -0.481 e. The predicted molar refractivity (Wildman–Crippen MR) is 65.5 cm³/mol. The summed E-state index contributed by atoms with van der Waals surface area (Å²) in [6, 6.07) is 0.227. The number of aliphatic carboxylic acids is 1. The van der Waals surface area contributed by atoms with E-state index in [0.717, 1.165) is 25.8 Å². The van der Waals surface area contributed by atoms with Crippen LogP contribution in [-0.2, 0) is 4.79 Å². The molecule has 0 radical (unpaired) electrons. The van der Waals surface area contributed by atoms with Gasteiger partial charge in [-0.3, -0.25) is 4.79 Å². The van der Waals surface area contributed by atoms with Crippen LogP contribution >= 0.6 is 0 Å². The van der Waals surface area contributed by atoms with Crippen molar-refractivity contribution in [2.45, 2.75) is 52.5 Å². The van der Waals surface area contributed by atoms with Crippen LogP contribution in [0.25, 0.3) is 0 Å². The average Bonchev–Trinajstić information content (AvgIpc) is 2.15. The first-order valence-electron chi connectivity index (χ1n) is 6.24. The van der Waals surface area contributed by atoms with Gasteiger partial charge in [-0.05, 0) is 25.3 Å². The van der Waals surface area contributed by atoms with Crippen LogP contribution in [0.3, 0.4) is 0 Å². The fourth-order valence-electron chi connectivity index (χ4n) is 2.79. The lowest BCUT2D eigenvalue weighted by Gasteiger charge is -2.38. The smallest absolute Gasteiger partial charge is 0.308 e. The van der Waals surface area contributed by atoms with Gasteiger partial charge >= 0.3 is 5.97 Å². The summed E-state index contributed by atoms with van der Waals surface area (Å²) in [5.74, 6) is -0.786. The Morgan fingerprint density at radius 1 is 1.31 bits per heavy atom. The maximum absolute atomic E-state index is 11.2. The van der Waals surface area contributed by atoms with Crippen LogP contribution < -0.4 is 0 Å². The molecular weight excluding hydrogens is 202 g/mol. The zero-order chi connectivity index (χ0) is 12.3. The quantitative estimate of drug-likeness (QED) is 0.805. The normalized spacial score (nSPS) is 27.1. The molecule has 0 aliphatic heterocycles. The molecule has 1 saturated carbocycles. The van der Waals surface area contributed by atoms with Gasteiger partial charge in [0.05, 0.1) is 5.92 Å². The average molecular weight is 227 g/mol. The first-order chi connectivity index (χ1) is 7.31. The van der Waals surface area contributed by atoms with Crippen molar-refractivity contribution in [1.29, 1.82) is 0 Å². The SMILES string of the molecule is CN(CC(C)(C)C)C1CCCCC1C(=O)O. The van der Waals surface area contributed by atoms with E-state index in [1.165, 1.54) is 6.42 Å². The Balaban J connectivity index is 2.64. The monoisotopic (exact) mass is 227 g/mol. The largest absolute Gasteiger partial charge is 0.481 e. The first-order valence-corrected chi connectivity index (χ1v) is 6.24. The molecule has 3 nitrogen and oxygen atoms in total. The van der Waals surface area contributed by atoms with E-state index in [1.807, 2.05) is 0 Å². The Hall–Kier alpha value is -0.570. The molecule has 1 fully saturated rings. The molecule has 1 aliphatic rings. The van der Waals surface area contributed by atoms with E-state index in [4.69, 9.17) is 0 Å². The number of hydrogen-bond donors (Lipinski definition) is 1. The highest BCUT2D eigenvalue weighted by Crippen LogP contribution is 2.29. The zero-order valence-corrected chi connectivity index (χ0v) is 11.0. The molecule has 2 atom stereocenters. The van der Waals surface area contributed by atoms with E-state index in [0.29, 0.717) is 0 Å². The number of carboxylic acids is 1. The molecule has 0 aromatic carbocycles. The molecule has 1 aliphatic carbocycles. The number of rotatable bonds is 3. The van der Waals surface area contributed by atoms with Crippen molar-refractivity contribution >= 4 is 5.97 Å². The summed E-state index contributed by atoms with van der Waals surface area (Å²) in [6.07, 6.45) is 4.11. The van der Waals surface area contributed by atoms with Gasteiger partial charge in [0, 0.05) is 12.6 Å². The van der Waals surface area contributed by atoms with E-state index < -0.39 is 5.97 Å². The molecule has 0 aromatic heterocycles. The van der Waals surface area contributed by atoms with Crippen molar-refractivity contribution in [2.75, 3.05) is 13.6 Å². The van der Waals surface area contributed by atoms with Gasteiger partial charge in [-0.25, -0.2) is 0 Å². The summed E-state index contributed by atoms with van der Waals surface area (Å²) in [5.41, 5.74) is 0.231. The minimum atomic E-state index is -0.620. The summed E-state index contributed by atoms with van der Waals surface area (Å²) >= 11 is 0. The molecule has 2 unspecified atom stereocenters. The van der Waals surface area contributed by atoms with Crippen LogP contribution in [0.2, 0.25) is 0 Å². The lowest BCUT2D eigenvalue weighted by Crippen LogP contribution is -2.46. The van der Waals surface area contributed by atoms with Crippen molar-refractivity contribution < 1.29 is 9.90 Å². The van der Waals surface area contributed by atoms with Crippen LogP contribution in [0.1, 0.15) is 46.5 Å². The third-order valence-electron chi connectivity index (χ3n) is 3.34. The molecule has 0 saturated heterocycles. The number of carboxylic acid groups (broad SMARTS) is 1. The highest BCUT2D eigenvalue weighted by atomic mass is 16.4. The summed E-state index contributed by atoms with van der Waals surface area (Å²) in [7, 11) is 2.07. The predicted octanol–water partition coefficient (Wildman–Crippen LogP) is 2.61. The summed E-state index contributed by atoms with van der Waals surface area (Å²) < 4.78 is 0. The van der Waals surface area contributed by atoms with Gasteiger partial charge in [-0.1, -0.05) is 33.6 Å². The molecule has 0 spiro atoms. The molecular formula is C13H25NO2. The van der Waals surface area contributed by atoms with Crippen LogP contribution in [0.5, 0.6) is 0 Å². The minimum absolute atomic E-state index is 0.166. The topological polar surface area (TPSA) is 40.5 Å². The molecule has 1 N–H and O–H groups in total. The van der Waals surface area contributed by atoms with E-state index in [-0.39, 0.29) is 17.4 Å². The van der Waals surface area contributed by atoms with Gasteiger partial charge in [0.1, 0.15) is 0 Å². The lowest BCUT2D eigenvalue weighted by molar-refractivity contribution is -0.145. The van der Waals surface area contributed by atoms with Crippen LogP contribution in [0.15, 0.2) is 0 Å². The maximum Gasteiger partial charge on any atom is 0.308 e. The second-order valence-electron chi connectivity index (χ2n) is 6.27. The third kappa shape index (κ3) is 3.78. The summed E-state index contributed by atoms with van der Waals surface area (Å²) in [5, 5.41) is 9.23. The fraction of sp³-hybridized carbons (Fsp3) is 0.923. The molecule has 0 heterocycles. The van der Waals surface area contributed by atoms with E-state index >= 15 is 0 Å². The molecule has 94 valence electrons. The Bertz CT molecular complexity index is 245. The van der Waals surface area contributed by atoms with Crippen LogP contribution in [-0.4, -0.2) is 35.6 Å². The lowest BCUT2D eigenvalue weighted by atomic mass is 9.82. The molecule has 0 amide bonds. The van der Waals surface area contributed by atoms with Gasteiger partial charge in [0.2, 0.25) is 0 Å². The Morgan fingerprint density at radius 2 is 1.88 bits per heavy atom. The van der Waals surface area contributed by atoms with E-state index in [9.17, 15) is 9.90 Å². The third-order valence-corrected chi connectivity index (χ3v) is 3.34. The second-order valence-corrected chi connectivity index (χ2v) is 6.27. The van der Waals surface area contributed by atoms with Gasteiger partial charge in [-0.2, -0.15) is 0 Å². The zero-order valence-electron chi connectivity index (χ0n) is 11.0. The standard InChI is InChI=1S/C13H25NO2/c1-13(2,3)9-14(4)11-8-6-5-7-10(11)12(15)16/h10-11H,5-9H2,1-4H3,(H,15,16). The van der Waals surface area contributed by atoms with Crippen LogP contribution in [0, 0.1) is 11.3 Å². The molecule has 0 bridgehead atoms. The maximum atomic E-state index is 11.2. The van der Waals surface area contributed by atoms with Crippen LogP contribution in [0.4, 0.5) is 0 Å². The van der Waals surface area contributed by atoms with Crippen molar-refractivity contribution in [3.63, 3.8) is 0 Å². The molecule has 0 aromatic rings. The van der Waals surface area contributed by atoms with Gasteiger partial charge in [0.25, 0.3) is 0 Å². The Kier molecular flexibility index (Phi) is 4.36. The second kappa shape index (κ2) is 5.17.